The molecule has 0 saturated carbocycles. The van der Waals surface area contributed by atoms with Gasteiger partial charge in [0.05, 0.1) is 6.54 Å². The Morgan fingerprint density at radius 3 is 2.55 bits per heavy atom. The number of hydrogen-bond donors (Lipinski definition) is 0. The van der Waals surface area contributed by atoms with Crippen LogP contribution in [-0.4, -0.2) is 83.5 Å². The van der Waals surface area contributed by atoms with Gasteiger partial charge in [0.15, 0.2) is 0 Å². The van der Waals surface area contributed by atoms with Gasteiger partial charge in [0.1, 0.15) is 0 Å². The monoisotopic (exact) mass is 325 g/mol. The third-order valence-electron chi connectivity index (χ3n) is 5.80. The number of rotatable bonds is 4. The van der Waals surface area contributed by atoms with Crippen LogP contribution in [0.4, 0.5) is 0 Å². The van der Waals surface area contributed by atoms with E-state index < -0.39 is 0 Å². The zero-order valence-electron chi connectivity index (χ0n) is 14.2. The Labute approximate surface area is 139 Å². The van der Waals surface area contributed by atoms with Gasteiger partial charge in [0.25, 0.3) is 0 Å². The lowest BCUT2D eigenvalue weighted by Gasteiger charge is -2.39. The number of thioether (sulfide) groups is 1. The van der Waals surface area contributed by atoms with Gasteiger partial charge in [-0.25, -0.2) is 0 Å². The highest BCUT2D eigenvalue weighted by molar-refractivity contribution is 7.99. The van der Waals surface area contributed by atoms with E-state index in [1.807, 2.05) is 11.8 Å². The van der Waals surface area contributed by atoms with Crippen LogP contribution in [0, 0.1) is 0 Å². The van der Waals surface area contributed by atoms with Crippen LogP contribution >= 0.6 is 11.8 Å². The van der Waals surface area contributed by atoms with Crippen molar-refractivity contribution >= 4 is 17.7 Å². The summed E-state index contributed by atoms with van der Waals surface area (Å²) in [6.07, 6.45) is 6.27. The molecule has 3 heterocycles. The molecule has 3 saturated heterocycles. The molecule has 0 aliphatic carbocycles. The third-order valence-corrected chi connectivity index (χ3v) is 6.95. The van der Waals surface area contributed by atoms with E-state index >= 15 is 0 Å². The second kappa shape index (κ2) is 7.54. The molecular weight excluding hydrogens is 294 g/mol. The second-order valence-electron chi connectivity index (χ2n) is 7.27. The first kappa shape index (κ1) is 16.6. The lowest BCUT2D eigenvalue weighted by atomic mass is 10.0. The SMILES string of the molecule is C[C@@H]1CCCN1C1CCN(C(=O)CN(C)[C@H]2CCSC2)CC1. The van der Waals surface area contributed by atoms with Gasteiger partial charge in [0.2, 0.25) is 5.91 Å². The van der Waals surface area contributed by atoms with Crippen molar-refractivity contribution in [3.05, 3.63) is 0 Å². The van der Waals surface area contributed by atoms with Crippen molar-refractivity contribution in [2.45, 2.75) is 57.2 Å². The summed E-state index contributed by atoms with van der Waals surface area (Å²) >= 11 is 2.02. The fraction of sp³-hybridized carbons (Fsp3) is 0.941. The largest absolute Gasteiger partial charge is 0.341 e. The Morgan fingerprint density at radius 2 is 1.95 bits per heavy atom. The van der Waals surface area contributed by atoms with Crippen LogP contribution in [-0.2, 0) is 4.79 Å². The first-order chi connectivity index (χ1) is 10.6. The van der Waals surface area contributed by atoms with Crippen LogP contribution in [0.5, 0.6) is 0 Å². The molecule has 0 N–H and O–H groups in total. The number of nitrogens with zero attached hydrogens (tertiary/aromatic N) is 3. The molecule has 0 spiro atoms. The average Bonchev–Trinajstić information content (AvgIpc) is 3.18. The van der Waals surface area contributed by atoms with Crippen molar-refractivity contribution < 1.29 is 4.79 Å². The van der Waals surface area contributed by atoms with Crippen molar-refractivity contribution in [1.29, 1.82) is 0 Å². The minimum atomic E-state index is 0.340. The highest BCUT2D eigenvalue weighted by Gasteiger charge is 2.32. The quantitative estimate of drug-likeness (QED) is 0.789. The zero-order valence-corrected chi connectivity index (χ0v) is 15.0. The summed E-state index contributed by atoms with van der Waals surface area (Å²) in [7, 11) is 2.12. The topological polar surface area (TPSA) is 26.8 Å². The van der Waals surface area contributed by atoms with Gasteiger partial charge in [-0.05, 0) is 58.4 Å². The van der Waals surface area contributed by atoms with Crippen molar-refractivity contribution in [1.82, 2.24) is 14.7 Å². The van der Waals surface area contributed by atoms with Gasteiger partial charge in [-0.1, -0.05) is 0 Å². The standard InChI is InChI=1S/C17H31N3OS/c1-14-4-3-8-20(14)15-5-9-19(10-6-15)17(21)12-18(2)16-7-11-22-13-16/h14-16H,3-13H2,1-2H3/t14-,16+/m1/s1. The van der Waals surface area contributed by atoms with Crippen molar-refractivity contribution in [3.63, 3.8) is 0 Å². The summed E-state index contributed by atoms with van der Waals surface area (Å²) in [6.45, 7) is 6.15. The predicted molar refractivity (Wildman–Crippen MR) is 93.4 cm³/mol. The minimum absolute atomic E-state index is 0.340. The Hall–Kier alpha value is -0.260. The summed E-state index contributed by atoms with van der Waals surface area (Å²) in [5.74, 6) is 2.79. The average molecular weight is 326 g/mol. The zero-order chi connectivity index (χ0) is 15.5. The lowest BCUT2D eigenvalue weighted by Crippen LogP contribution is -2.50. The van der Waals surface area contributed by atoms with Crippen LogP contribution in [0.3, 0.4) is 0 Å². The molecule has 0 unspecified atom stereocenters. The molecule has 22 heavy (non-hydrogen) atoms. The smallest absolute Gasteiger partial charge is 0.236 e. The van der Waals surface area contributed by atoms with E-state index in [9.17, 15) is 4.79 Å². The van der Waals surface area contributed by atoms with Crippen LogP contribution in [0.2, 0.25) is 0 Å². The molecule has 0 aromatic heterocycles. The normalized spacial score (nSPS) is 31.3. The van der Waals surface area contributed by atoms with E-state index in [4.69, 9.17) is 0 Å². The molecule has 3 fully saturated rings. The van der Waals surface area contributed by atoms with Crippen LogP contribution in [0.25, 0.3) is 0 Å². The first-order valence-corrected chi connectivity index (χ1v) is 10.1. The second-order valence-corrected chi connectivity index (χ2v) is 8.42. The molecular formula is C17H31N3OS. The molecule has 5 heteroatoms. The lowest BCUT2D eigenvalue weighted by molar-refractivity contribution is -0.134. The highest BCUT2D eigenvalue weighted by Crippen LogP contribution is 2.26. The van der Waals surface area contributed by atoms with Gasteiger partial charge in [-0.2, -0.15) is 11.8 Å². The molecule has 0 aromatic carbocycles. The molecule has 1 amide bonds. The van der Waals surface area contributed by atoms with E-state index in [1.54, 1.807) is 0 Å². The Morgan fingerprint density at radius 1 is 1.18 bits per heavy atom. The maximum absolute atomic E-state index is 12.5. The number of hydrogen-bond acceptors (Lipinski definition) is 4. The number of amides is 1. The molecule has 0 bridgehead atoms. The van der Waals surface area contributed by atoms with Crippen LogP contribution < -0.4 is 0 Å². The molecule has 4 nitrogen and oxygen atoms in total. The Balaban J connectivity index is 1.43. The summed E-state index contributed by atoms with van der Waals surface area (Å²) in [6, 6.07) is 2.07. The van der Waals surface area contributed by atoms with Gasteiger partial charge < -0.3 is 4.90 Å². The summed E-state index contributed by atoms with van der Waals surface area (Å²) in [5.41, 5.74) is 0. The molecule has 0 aromatic rings. The van der Waals surface area contributed by atoms with Gasteiger partial charge in [-0.15, -0.1) is 0 Å². The summed E-state index contributed by atoms with van der Waals surface area (Å²) in [4.78, 5) is 19.6. The first-order valence-electron chi connectivity index (χ1n) is 8.96. The maximum atomic E-state index is 12.5. The van der Waals surface area contributed by atoms with E-state index in [0.717, 1.165) is 19.1 Å². The molecule has 0 radical (unpaired) electrons. The van der Waals surface area contributed by atoms with Crippen molar-refractivity contribution in [2.24, 2.45) is 0 Å². The number of carbonyl (C=O) groups is 1. The Kier molecular flexibility index (Phi) is 5.69. The molecule has 2 atom stereocenters. The summed E-state index contributed by atoms with van der Waals surface area (Å²) in [5, 5.41) is 0. The van der Waals surface area contributed by atoms with Crippen LogP contribution in [0.1, 0.15) is 39.0 Å². The van der Waals surface area contributed by atoms with Gasteiger partial charge in [0, 0.05) is 37.0 Å². The van der Waals surface area contributed by atoms with E-state index in [-0.39, 0.29) is 0 Å². The third kappa shape index (κ3) is 3.80. The van der Waals surface area contributed by atoms with Gasteiger partial charge >= 0.3 is 0 Å². The molecule has 3 aliphatic heterocycles. The Bertz CT molecular complexity index is 378. The minimum Gasteiger partial charge on any atom is -0.341 e. The molecule has 3 aliphatic rings. The number of likely N-dealkylation sites (tertiary alicyclic amines) is 2. The van der Waals surface area contributed by atoms with Crippen molar-refractivity contribution in [3.8, 4) is 0 Å². The fourth-order valence-corrected chi connectivity index (χ4v) is 5.56. The fourth-order valence-electron chi connectivity index (χ4n) is 4.26. The van der Waals surface area contributed by atoms with Crippen molar-refractivity contribution in [2.75, 3.05) is 44.7 Å². The highest BCUT2D eigenvalue weighted by atomic mass is 32.2. The van der Waals surface area contributed by atoms with E-state index in [2.05, 4.69) is 28.7 Å². The maximum Gasteiger partial charge on any atom is 0.236 e. The molecule has 3 rings (SSSR count). The van der Waals surface area contributed by atoms with E-state index in [0.29, 0.717) is 24.5 Å². The predicted octanol–water partition coefficient (Wildman–Crippen LogP) is 1.90. The summed E-state index contributed by atoms with van der Waals surface area (Å²) < 4.78 is 0. The number of likely N-dealkylation sites (N-methyl/N-ethyl adjacent to an activating group) is 1. The molecule has 126 valence electrons. The van der Waals surface area contributed by atoms with E-state index in [1.165, 1.54) is 50.2 Å². The number of carbonyl (C=O) groups excluding carboxylic acids is 1. The number of piperidine rings is 1. The van der Waals surface area contributed by atoms with Gasteiger partial charge in [-0.3, -0.25) is 14.6 Å². The van der Waals surface area contributed by atoms with Crippen LogP contribution in [0.15, 0.2) is 0 Å².